The Morgan fingerprint density at radius 1 is 1.15 bits per heavy atom. The van der Waals surface area contributed by atoms with E-state index in [0.29, 0.717) is 0 Å². The maximum absolute atomic E-state index is 13.3. The number of benzene rings is 1. The third-order valence-electron chi connectivity index (χ3n) is 4.14. The fourth-order valence-electron chi connectivity index (χ4n) is 3.15. The van der Waals surface area contributed by atoms with Gasteiger partial charge < -0.3 is 5.11 Å². The molecule has 20 heavy (non-hydrogen) atoms. The molecular weight excluding hydrogens is 265 g/mol. The largest absolute Gasteiger partial charge is 0.384 e. The van der Waals surface area contributed by atoms with E-state index in [-0.39, 0.29) is 11.0 Å². The van der Waals surface area contributed by atoms with Gasteiger partial charge in [0, 0.05) is 0 Å². The van der Waals surface area contributed by atoms with Crippen molar-refractivity contribution in [2.45, 2.75) is 46.1 Å². The first-order valence-corrected chi connectivity index (χ1v) is 6.76. The average Bonchev–Trinajstić information content (AvgIpc) is 2.33. The summed E-state index contributed by atoms with van der Waals surface area (Å²) in [5, 5.41) is 10.5. The van der Waals surface area contributed by atoms with Crippen LogP contribution in [0.2, 0.25) is 0 Å². The molecule has 1 aromatic rings. The number of rotatable bonds is 2. The fraction of sp³-hybridized carbons (Fsp3) is 0.500. The molecule has 0 heterocycles. The summed E-state index contributed by atoms with van der Waals surface area (Å²) in [6, 6.07) is 1.74. The van der Waals surface area contributed by atoms with Crippen LogP contribution in [0, 0.1) is 22.9 Å². The Morgan fingerprint density at radius 3 is 2.20 bits per heavy atom. The zero-order valence-corrected chi connectivity index (χ0v) is 11.9. The predicted molar refractivity (Wildman–Crippen MR) is 71.6 cm³/mol. The maximum atomic E-state index is 13.3. The van der Waals surface area contributed by atoms with Gasteiger partial charge in [0.1, 0.15) is 6.10 Å². The van der Waals surface area contributed by atoms with Crippen LogP contribution >= 0.6 is 0 Å². The standard InChI is InChI=1S/C16H19F3O/c1-9-5-4-6-16(2,3)13(9)15(20)10-7-11(17)14(19)12(18)8-10/h7-8,15,20H,4-6H2,1-3H3. The molecule has 1 aliphatic rings. The molecule has 1 aliphatic carbocycles. The van der Waals surface area contributed by atoms with E-state index in [1.165, 1.54) is 0 Å². The molecule has 0 aromatic heterocycles. The van der Waals surface area contributed by atoms with Gasteiger partial charge in [0.15, 0.2) is 17.5 Å². The molecule has 0 saturated carbocycles. The summed E-state index contributed by atoms with van der Waals surface area (Å²) in [6.07, 6.45) is 1.70. The number of aliphatic hydroxyl groups excluding tert-OH is 1. The maximum Gasteiger partial charge on any atom is 0.194 e. The Bertz CT molecular complexity index is 538. The van der Waals surface area contributed by atoms with Crippen molar-refractivity contribution in [2.24, 2.45) is 5.41 Å². The zero-order chi connectivity index (χ0) is 15.1. The van der Waals surface area contributed by atoms with Gasteiger partial charge in [-0.3, -0.25) is 0 Å². The van der Waals surface area contributed by atoms with Crippen molar-refractivity contribution < 1.29 is 18.3 Å². The SMILES string of the molecule is CC1=C(C(O)c2cc(F)c(F)c(F)c2)C(C)(C)CCC1. The van der Waals surface area contributed by atoms with E-state index in [2.05, 4.69) is 0 Å². The lowest BCUT2D eigenvalue weighted by molar-refractivity contribution is 0.169. The zero-order valence-electron chi connectivity index (χ0n) is 11.9. The van der Waals surface area contributed by atoms with E-state index < -0.39 is 23.6 Å². The molecule has 1 N–H and O–H groups in total. The van der Waals surface area contributed by atoms with Gasteiger partial charge in [-0.25, -0.2) is 13.2 Å². The van der Waals surface area contributed by atoms with Crippen LogP contribution in [0.4, 0.5) is 13.2 Å². The summed E-state index contributed by atoms with van der Waals surface area (Å²) in [5.41, 5.74) is 1.65. The molecule has 0 spiro atoms. The molecule has 2 rings (SSSR count). The van der Waals surface area contributed by atoms with Crippen LogP contribution in [0.25, 0.3) is 0 Å². The van der Waals surface area contributed by atoms with E-state index in [0.717, 1.165) is 42.5 Å². The summed E-state index contributed by atoms with van der Waals surface area (Å²) in [4.78, 5) is 0. The van der Waals surface area contributed by atoms with Gasteiger partial charge in [0.05, 0.1) is 0 Å². The second-order valence-electron chi connectivity index (χ2n) is 6.13. The molecule has 1 nitrogen and oxygen atoms in total. The highest BCUT2D eigenvalue weighted by molar-refractivity contribution is 5.34. The van der Waals surface area contributed by atoms with Crippen LogP contribution < -0.4 is 0 Å². The molecule has 1 atom stereocenters. The van der Waals surface area contributed by atoms with Crippen molar-refractivity contribution in [3.05, 3.63) is 46.3 Å². The first-order chi connectivity index (χ1) is 9.24. The lowest BCUT2D eigenvalue weighted by atomic mass is 9.69. The molecule has 110 valence electrons. The van der Waals surface area contributed by atoms with Crippen LogP contribution in [-0.4, -0.2) is 5.11 Å². The second kappa shape index (κ2) is 5.24. The van der Waals surface area contributed by atoms with Crippen LogP contribution in [0.15, 0.2) is 23.3 Å². The number of aliphatic hydroxyl groups is 1. The Hall–Kier alpha value is -1.29. The third kappa shape index (κ3) is 2.62. The second-order valence-corrected chi connectivity index (χ2v) is 6.13. The van der Waals surface area contributed by atoms with Crippen LogP contribution in [0.1, 0.15) is 51.7 Å². The van der Waals surface area contributed by atoms with Crippen molar-refractivity contribution >= 4 is 0 Å². The van der Waals surface area contributed by atoms with Gasteiger partial charge in [-0.1, -0.05) is 19.4 Å². The Morgan fingerprint density at radius 2 is 1.70 bits per heavy atom. The van der Waals surface area contributed by atoms with E-state index in [1.54, 1.807) is 0 Å². The highest BCUT2D eigenvalue weighted by Crippen LogP contribution is 2.46. The monoisotopic (exact) mass is 284 g/mol. The van der Waals surface area contributed by atoms with Crippen molar-refractivity contribution in [3.63, 3.8) is 0 Å². The van der Waals surface area contributed by atoms with Crippen LogP contribution in [0.3, 0.4) is 0 Å². The lowest BCUT2D eigenvalue weighted by Gasteiger charge is -2.37. The summed E-state index contributed by atoms with van der Waals surface area (Å²) in [5.74, 6) is -4.05. The topological polar surface area (TPSA) is 20.2 Å². The minimum Gasteiger partial charge on any atom is -0.384 e. The van der Waals surface area contributed by atoms with Gasteiger partial charge in [0.25, 0.3) is 0 Å². The van der Waals surface area contributed by atoms with Gasteiger partial charge in [-0.15, -0.1) is 0 Å². The van der Waals surface area contributed by atoms with Gasteiger partial charge >= 0.3 is 0 Å². The molecule has 0 bridgehead atoms. The molecule has 0 amide bonds. The molecule has 0 radical (unpaired) electrons. The molecule has 0 saturated heterocycles. The van der Waals surface area contributed by atoms with Gasteiger partial charge in [0.2, 0.25) is 0 Å². The Balaban J connectivity index is 2.48. The molecule has 1 aromatic carbocycles. The molecule has 4 heteroatoms. The number of allylic oxidation sites excluding steroid dienone is 1. The Kier molecular flexibility index (Phi) is 3.96. The molecule has 1 unspecified atom stereocenters. The smallest absolute Gasteiger partial charge is 0.194 e. The number of halogens is 3. The van der Waals surface area contributed by atoms with E-state index in [4.69, 9.17) is 0 Å². The van der Waals surface area contributed by atoms with Crippen molar-refractivity contribution in [2.75, 3.05) is 0 Å². The number of hydrogen-bond donors (Lipinski definition) is 1. The minimum absolute atomic E-state index is 0.0609. The fourth-order valence-corrected chi connectivity index (χ4v) is 3.15. The highest BCUT2D eigenvalue weighted by atomic mass is 19.2. The summed E-state index contributed by atoms with van der Waals surface area (Å²) in [7, 11) is 0. The first-order valence-electron chi connectivity index (χ1n) is 6.76. The molecule has 0 fully saturated rings. The first kappa shape index (κ1) is 15.1. The van der Waals surface area contributed by atoms with Crippen molar-refractivity contribution in [1.82, 2.24) is 0 Å². The molecular formula is C16H19F3O. The van der Waals surface area contributed by atoms with Gasteiger partial charge in [-0.2, -0.15) is 0 Å². The van der Waals surface area contributed by atoms with Crippen LogP contribution in [-0.2, 0) is 0 Å². The average molecular weight is 284 g/mol. The van der Waals surface area contributed by atoms with E-state index >= 15 is 0 Å². The normalized spacial score (nSPS) is 20.1. The van der Waals surface area contributed by atoms with Crippen molar-refractivity contribution in [3.8, 4) is 0 Å². The summed E-state index contributed by atoms with van der Waals surface area (Å²) in [6.45, 7) is 5.94. The highest BCUT2D eigenvalue weighted by Gasteiger charge is 2.34. The predicted octanol–water partition coefficient (Wildman–Crippen LogP) is 4.66. The summed E-state index contributed by atoms with van der Waals surface area (Å²) < 4.78 is 39.6. The van der Waals surface area contributed by atoms with E-state index in [1.807, 2.05) is 20.8 Å². The van der Waals surface area contributed by atoms with E-state index in [9.17, 15) is 18.3 Å². The van der Waals surface area contributed by atoms with Gasteiger partial charge in [-0.05, 0) is 54.9 Å². The third-order valence-corrected chi connectivity index (χ3v) is 4.14. The Labute approximate surface area is 117 Å². The molecule has 0 aliphatic heterocycles. The lowest BCUT2D eigenvalue weighted by Crippen LogP contribution is -2.25. The summed E-state index contributed by atoms with van der Waals surface area (Å²) >= 11 is 0. The quantitative estimate of drug-likeness (QED) is 0.618. The minimum atomic E-state index is -1.51. The van der Waals surface area contributed by atoms with Crippen LogP contribution in [0.5, 0.6) is 0 Å². The number of hydrogen-bond acceptors (Lipinski definition) is 1. The van der Waals surface area contributed by atoms with Crippen molar-refractivity contribution in [1.29, 1.82) is 0 Å².